The highest BCUT2D eigenvalue weighted by molar-refractivity contribution is 9.10. The molecule has 0 amide bonds. The van der Waals surface area contributed by atoms with Gasteiger partial charge in [0.15, 0.2) is 0 Å². The standard InChI is InChI=1S/C15H23BrN2O2/c1-3-7-11(20-4-2)14-17-13(10-8-5-6-9-10)12(16)15(19)18-14/h10-11H,3-9H2,1-2H3,(H,17,18,19). The van der Waals surface area contributed by atoms with Gasteiger partial charge in [0, 0.05) is 12.5 Å². The molecule has 0 spiro atoms. The molecule has 1 atom stereocenters. The van der Waals surface area contributed by atoms with Crippen molar-refractivity contribution in [1.29, 1.82) is 0 Å². The quantitative estimate of drug-likeness (QED) is 0.847. The van der Waals surface area contributed by atoms with Crippen molar-refractivity contribution in [3.63, 3.8) is 0 Å². The van der Waals surface area contributed by atoms with Crippen molar-refractivity contribution in [2.75, 3.05) is 6.61 Å². The summed E-state index contributed by atoms with van der Waals surface area (Å²) in [6.45, 7) is 4.71. The van der Waals surface area contributed by atoms with Crippen LogP contribution in [0.3, 0.4) is 0 Å². The van der Waals surface area contributed by atoms with Crippen molar-refractivity contribution >= 4 is 15.9 Å². The topological polar surface area (TPSA) is 55.0 Å². The maximum absolute atomic E-state index is 12.1. The minimum Gasteiger partial charge on any atom is -0.371 e. The molecule has 4 nitrogen and oxygen atoms in total. The first-order valence-corrected chi connectivity index (χ1v) is 8.37. The van der Waals surface area contributed by atoms with Crippen LogP contribution in [0.5, 0.6) is 0 Å². The van der Waals surface area contributed by atoms with Crippen LogP contribution in [0.4, 0.5) is 0 Å². The third kappa shape index (κ3) is 3.50. The van der Waals surface area contributed by atoms with Gasteiger partial charge in [-0.05, 0) is 42.1 Å². The molecule has 0 bridgehead atoms. The van der Waals surface area contributed by atoms with Crippen molar-refractivity contribution < 1.29 is 4.74 Å². The van der Waals surface area contributed by atoms with E-state index >= 15 is 0 Å². The number of aromatic nitrogens is 2. The molecule has 1 aromatic heterocycles. The Morgan fingerprint density at radius 3 is 2.70 bits per heavy atom. The van der Waals surface area contributed by atoms with Gasteiger partial charge in [0.1, 0.15) is 16.4 Å². The summed E-state index contributed by atoms with van der Waals surface area (Å²) in [6, 6.07) is 0. The molecule has 0 aromatic carbocycles. The molecule has 1 heterocycles. The highest BCUT2D eigenvalue weighted by Crippen LogP contribution is 2.36. The maximum atomic E-state index is 12.1. The second-order valence-electron chi connectivity index (χ2n) is 5.36. The predicted octanol–water partition coefficient (Wildman–Crippen LogP) is 4.07. The molecular weight excluding hydrogens is 320 g/mol. The van der Waals surface area contributed by atoms with Gasteiger partial charge in [-0.15, -0.1) is 0 Å². The monoisotopic (exact) mass is 342 g/mol. The molecule has 0 radical (unpaired) electrons. The van der Waals surface area contributed by atoms with Crippen LogP contribution < -0.4 is 5.56 Å². The van der Waals surface area contributed by atoms with E-state index in [9.17, 15) is 4.79 Å². The molecule has 1 saturated carbocycles. The number of H-pyrrole nitrogens is 1. The molecule has 0 aliphatic heterocycles. The molecule has 2 rings (SSSR count). The number of nitrogens with zero attached hydrogens (tertiary/aromatic N) is 1. The van der Waals surface area contributed by atoms with E-state index in [-0.39, 0.29) is 11.7 Å². The SMILES string of the molecule is CCCC(OCC)c1nc(C2CCCC2)c(Br)c(=O)[nH]1. The number of rotatable bonds is 6. The molecule has 1 aliphatic rings. The van der Waals surface area contributed by atoms with E-state index in [1.165, 1.54) is 12.8 Å². The van der Waals surface area contributed by atoms with Gasteiger partial charge in [0.25, 0.3) is 5.56 Å². The van der Waals surface area contributed by atoms with Gasteiger partial charge in [-0.2, -0.15) is 0 Å². The van der Waals surface area contributed by atoms with Crippen molar-refractivity contribution in [2.45, 2.75) is 64.4 Å². The lowest BCUT2D eigenvalue weighted by Crippen LogP contribution is -2.20. The zero-order valence-corrected chi connectivity index (χ0v) is 13.8. The van der Waals surface area contributed by atoms with Crippen molar-refractivity contribution in [2.24, 2.45) is 0 Å². The smallest absolute Gasteiger partial charge is 0.265 e. The van der Waals surface area contributed by atoms with Crippen LogP contribution in [0.2, 0.25) is 0 Å². The van der Waals surface area contributed by atoms with Crippen LogP contribution in [-0.4, -0.2) is 16.6 Å². The fourth-order valence-electron chi connectivity index (χ4n) is 2.88. The molecule has 1 aliphatic carbocycles. The first-order chi connectivity index (χ1) is 9.67. The average Bonchev–Trinajstić information content (AvgIpc) is 2.95. The van der Waals surface area contributed by atoms with Crippen LogP contribution in [-0.2, 0) is 4.74 Å². The molecule has 1 unspecified atom stereocenters. The van der Waals surface area contributed by atoms with Crippen molar-refractivity contribution in [1.82, 2.24) is 9.97 Å². The lowest BCUT2D eigenvalue weighted by molar-refractivity contribution is 0.0489. The van der Waals surface area contributed by atoms with Gasteiger partial charge in [0.2, 0.25) is 0 Å². The Balaban J connectivity index is 2.35. The normalized spacial score (nSPS) is 17.6. The van der Waals surface area contributed by atoms with Gasteiger partial charge in [-0.3, -0.25) is 4.79 Å². The van der Waals surface area contributed by atoms with Crippen LogP contribution in [0.25, 0.3) is 0 Å². The van der Waals surface area contributed by atoms with E-state index in [4.69, 9.17) is 9.72 Å². The van der Waals surface area contributed by atoms with Crippen molar-refractivity contribution in [3.05, 3.63) is 26.3 Å². The second kappa shape index (κ2) is 7.36. The molecule has 0 saturated heterocycles. The van der Waals surface area contributed by atoms with E-state index in [1.54, 1.807) is 0 Å². The summed E-state index contributed by atoms with van der Waals surface area (Å²) in [4.78, 5) is 19.7. The van der Waals surface area contributed by atoms with E-state index in [2.05, 4.69) is 27.8 Å². The second-order valence-corrected chi connectivity index (χ2v) is 6.16. The Morgan fingerprint density at radius 2 is 2.10 bits per heavy atom. The fourth-order valence-corrected chi connectivity index (χ4v) is 3.39. The largest absolute Gasteiger partial charge is 0.371 e. The summed E-state index contributed by atoms with van der Waals surface area (Å²) >= 11 is 3.40. The predicted molar refractivity (Wildman–Crippen MR) is 83.0 cm³/mol. The highest BCUT2D eigenvalue weighted by atomic mass is 79.9. The van der Waals surface area contributed by atoms with Crippen LogP contribution >= 0.6 is 15.9 Å². The summed E-state index contributed by atoms with van der Waals surface area (Å²) in [7, 11) is 0. The lowest BCUT2D eigenvalue weighted by Gasteiger charge is -2.18. The van der Waals surface area contributed by atoms with E-state index in [0.717, 1.165) is 31.4 Å². The Hall–Kier alpha value is -0.680. The van der Waals surface area contributed by atoms with Gasteiger partial charge in [0.05, 0.1) is 5.69 Å². The van der Waals surface area contributed by atoms with Gasteiger partial charge < -0.3 is 9.72 Å². The van der Waals surface area contributed by atoms with Crippen LogP contribution in [0.1, 0.15) is 75.9 Å². The van der Waals surface area contributed by atoms with Gasteiger partial charge >= 0.3 is 0 Å². The minimum atomic E-state index is -0.106. The molecule has 1 fully saturated rings. The van der Waals surface area contributed by atoms with E-state index in [0.29, 0.717) is 22.8 Å². The molecule has 1 N–H and O–H groups in total. The third-order valence-corrected chi connectivity index (χ3v) is 4.64. The van der Waals surface area contributed by atoms with Gasteiger partial charge in [-0.25, -0.2) is 4.98 Å². The summed E-state index contributed by atoms with van der Waals surface area (Å²) in [5.41, 5.74) is 0.833. The Labute approximate surface area is 128 Å². The molecule has 20 heavy (non-hydrogen) atoms. The minimum absolute atomic E-state index is 0.0855. The molecule has 5 heteroatoms. The zero-order valence-electron chi connectivity index (χ0n) is 12.2. The summed E-state index contributed by atoms with van der Waals surface area (Å²) in [5.74, 6) is 1.10. The first-order valence-electron chi connectivity index (χ1n) is 7.58. The van der Waals surface area contributed by atoms with E-state index < -0.39 is 0 Å². The highest BCUT2D eigenvalue weighted by Gasteiger charge is 2.24. The average molecular weight is 343 g/mol. The Bertz CT molecular complexity index is 489. The molecular formula is C15H23BrN2O2. The third-order valence-electron chi connectivity index (χ3n) is 3.87. The van der Waals surface area contributed by atoms with Crippen LogP contribution in [0, 0.1) is 0 Å². The number of ether oxygens (including phenoxy) is 1. The molecule has 112 valence electrons. The molecule has 1 aromatic rings. The Morgan fingerprint density at radius 1 is 1.40 bits per heavy atom. The fraction of sp³-hybridized carbons (Fsp3) is 0.733. The summed E-state index contributed by atoms with van der Waals surface area (Å²) in [5, 5.41) is 0. The number of halogens is 1. The van der Waals surface area contributed by atoms with Gasteiger partial charge in [-0.1, -0.05) is 26.2 Å². The van der Waals surface area contributed by atoms with Crippen LogP contribution in [0.15, 0.2) is 9.27 Å². The number of hydrogen-bond donors (Lipinski definition) is 1. The van der Waals surface area contributed by atoms with E-state index in [1.807, 2.05) is 6.92 Å². The Kier molecular flexibility index (Phi) is 5.78. The maximum Gasteiger partial charge on any atom is 0.265 e. The zero-order chi connectivity index (χ0) is 14.5. The number of aromatic amines is 1. The number of hydrogen-bond acceptors (Lipinski definition) is 3. The lowest BCUT2D eigenvalue weighted by atomic mass is 10.0. The number of nitrogens with one attached hydrogen (secondary N) is 1. The first kappa shape index (κ1) is 15.7. The summed E-state index contributed by atoms with van der Waals surface area (Å²) in [6.07, 6.45) is 6.48. The summed E-state index contributed by atoms with van der Waals surface area (Å²) < 4.78 is 6.33. The van der Waals surface area contributed by atoms with Crippen molar-refractivity contribution in [3.8, 4) is 0 Å².